The lowest BCUT2D eigenvalue weighted by Crippen LogP contribution is -2.29. The Bertz CT molecular complexity index is 830. The first-order valence-electron chi connectivity index (χ1n) is 9.97. The van der Waals surface area contributed by atoms with Crippen LogP contribution in [-0.2, 0) is 11.3 Å². The summed E-state index contributed by atoms with van der Waals surface area (Å²) in [5.74, 6) is 0.876. The minimum Gasteiger partial charge on any atom is -0.374 e. The molecule has 0 amide bonds. The van der Waals surface area contributed by atoms with E-state index in [9.17, 15) is 0 Å². The number of nitrogens with zero attached hydrogens (tertiary/aromatic N) is 1. The molecule has 2 nitrogen and oxygen atoms in total. The molecule has 0 spiro atoms. The van der Waals surface area contributed by atoms with Crippen LogP contribution in [0.2, 0.25) is 0 Å². The number of rotatable bonds is 5. The van der Waals surface area contributed by atoms with E-state index in [-0.39, 0.29) is 0 Å². The Hall–Kier alpha value is -1.89. The monoisotopic (exact) mass is 439 g/mol. The standard InChI is InChI=1S/C13H14BrN.C12H16O/c1-4-5-13(14)12-7-11(8-15)9(2)6-10(12)3;1-10-7-12(8-10)13-9-11-5-3-2-4-6-11/h5-7H,4H2,1-3H3;2-6,10,12H,7-9H2,1H3/b13-5+;. The van der Waals surface area contributed by atoms with Crippen molar-refractivity contribution in [3.8, 4) is 6.07 Å². The lowest BCUT2D eigenvalue weighted by atomic mass is 9.84. The average Bonchev–Trinajstić information content (AvgIpc) is 2.66. The van der Waals surface area contributed by atoms with Gasteiger partial charge >= 0.3 is 0 Å². The molecule has 3 heteroatoms. The van der Waals surface area contributed by atoms with E-state index in [1.807, 2.05) is 19.1 Å². The van der Waals surface area contributed by atoms with Gasteiger partial charge in [-0.3, -0.25) is 0 Å². The Morgan fingerprint density at radius 3 is 2.43 bits per heavy atom. The largest absolute Gasteiger partial charge is 0.374 e. The molecule has 0 aromatic heterocycles. The summed E-state index contributed by atoms with van der Waals surface area (Å²) in [6.45, 7) is 9.18. The smallest absolute Gasteiger partial charge is 0.0994 e. The quantitative estimate of drug-likeness (QED) is 0.488. The molecule has 1 saturated carbocycles. The summed E-state index contributed by atoms with van der Waals surface area (Å²) < 4.78 is 6.80. The molecule has 28 heavy (non-hydrogen) atoms. The number of aryl methyl sites for hydroxylation is 2. The number of benzene rings is 2. The number of nitriles is 1. The summed E-state index contributed by atoms with van der Waals surface area (Å²) in [6, 6.07) is 16.6. The summed E-state index contributed by atoms with van der Waals surface area (Å²) in [7, 11) is 0. The molecule has 0 N–H and O–H groups in total. The molecule has 3 rings (SSSR count). The second-order valence-electron chi connectivity index (χ2n) is 7.55. The van der Waals surface area contributed by atoms with E-state index in [4.69, 9.17) is 10.00 Å². The molecule has 0 aliphatic heterocycles. The highest BCUT2D eigenvalue weighted by Gasteiger charge is 2.25. The predicted octanol–water partition coefficient (Wildman–Crippen LogP) is 7.32. The van der Waals surface area contributed by atoms with Crippen LogP contribution in [0.3, 0.4) is 0 Å². The molecule has 0 saturated heterocycles. The minimum atomic E-state index is 0.523. The van der Waals surface area contributed by atoms with Gasteiger partial charge < -0.3 is 4.74 Å². The maximum atomic E-state index is 8.96. The normalized spacial score (nSPS) is 18.5. The van der Waals surface area contributed by atoms with Crippen LogP contribution < -0.4 is 0 Å². The van der Waals surface area contributed by atoms with Crippen molar-refractivity contribution in [2.75, 3.05) is 0 Å². The van der Waals surface area contributed by atoms with Crippen LogP contribution in [0.4, 0.5) is 0 Å². The van der Waals surface area contributed by atoms with Crippen LogP contribution in [0.1, 0.15) is 60.9 Å². The van der Waals surface area contributed by atoms with E-state index in [0.717, 1.165) is 40.1 Å². The minimum absolute atomic E-state index is 0.523. The zero-order valence-electron chi connectivity index (χ0n) is 17.3. The van der Waals surface area contributed by atoms with Crippen molar-refractivity contribution in [3.63, 3.8) is 0 Å². The number of ether oxygens (including phenoxy) is 1. The van der Waals surface area contributed by atoms with Crippen molar-refractivity contribution in [1.82, 2.24) is 0 Å². The predicted molar refractivity (Wildman–Crippen MR) is 121 cm³/mol. The Morgan fingerprint density at radius 2 is 1.86 bits per heavy atom. The van der Waals surface area contributed by atoms with Crippen LogP contribution in [-0.4, -0.2) is 6.10 Å². The Morgan fingerprint density at radius 1 is 1.18 bits per heavy atom. The second kappa shape index (κ2) is 11.2. The molecular formula is C25H30BrNO. The van der Waals surface area contributed by atoms with E-state index in [1.54, 1.807) is 0 Å². The second-order valence-corrected chi connectivity index (χ2v) is 8.40. The first-order chi connectivity index (χ1) is 13.4. The van der Waals surface area contributed by atoms with Crippen molar-refractivity contribution in [2.45, 2.75) is 59.7 Å². The fourth-order valence-electron chi connectivity index (χ4n) is 3.27. The molecule has 1 aliphatic rings. The molecular weight excluding hydrogens is 410 g/mol. The van der Waals surface area contributed by atoms with E-state index in [1.165, 1.54) is 24.0 Å². The molecule has 0 unspecified atom stereocenters. The van der Waals surface area contributed by atoms with Crippen molar-refractivity contribution >= 4 is 20.4 Å². The number of hydrogen-bond acceptors (Lipinski definition) is 2. The van der Waals surface area contributed by atoms with Crippen molar-refractivity contribution in [3.05, 3.63) is 76.4 Å². The Kier molecular flexibility index (Phi) is 8.96. The van der Waals surface area contributed by atoms with Crippen molar-refractivity contribution in [2.24, 2.45) is 5.92 Å². The number of hydrogen-bond donors (Lipinski definition) is 0. The molecule has 1 aliphatic carbocycles. The van der Waals surface area contributed by atoms with Crippen LogP contribution >= 0.6 is 15.9 Å². The van der Waals surface area contributed by atoms with E-state index >= 15 is 0 Å². The Labute approximate surface area is 178 Å². The fourth-order valence-corrected chi connectivity index (χ4v) is 4.02. The van der Waals surface area contributed by atoms with Gasteiger partial charge in [-0.2, -0.15) is 5.26 Å². The van der Waals surface area contributed by atoms with E-state index in [0.29, 0.717) is 6.10 Å². The zero-order chi connectivity index (χ0) is 20.5. The summed E-state index contributed by atoms with van der Waals surface area (Å²) in [5.41, 5.74) is 5.37. The van der Waals surface area contributed by atoms with Crippen molar-refractivity contribution < 1.29 is 4.74 Å². The molecule has 2 aromatic carbocycles. The van der Waals surface area contributed by atoms with Crippen LogP contribution in [0.25, 0.3) is 4.48 Å². The van der Waals surface area contributed by atoms with Gasteiger partial charge in [0, 0.05) is 4.48 Å². The highest BCUT2D eigenvalue weighted by Crippen LogP contribution is 2.30. The van der Waals surface area contributed by atoms with Crippen molar-refractivity contribution in [1.29, 1.82) is 5.26 Å². The summed E-state index contributed by atoms with van der Waals surface area (Å²) in [6.07, 6.45) is 6.10. The van der Waals surface area contributed by atoms with Gasteiger partial charge in [0.25, 0.3) is 0 Å². The lowest BCUT2D eigenvalue weighted by Gasteiger charge is -2.32. The van der Waals surface area contributed by atoms with Gasteiger partial charge in [-0.05, 0) is 67.3 Å². The van der Waals surface area contributed by atoms with Gasteiger partial charge in [0.05, 0.1) is 24.3 Å². The molecule has 0 bridgehead atoms. The highest BCUT2D eigenvalue weighted by atomic mass is 79.9. The molecule has 148 valence electrons. The van der Waals surface area contributed by atoms with Gasteiger partial charge in [-0.15, -0.1) is 0 Å². The van der Waals surface area contributed by atoms with Crippen LogP contribution in [0.5, 0.6) is 0 Å². The van der Waals surface area contributed by atoms with E-state index in [2.05, 4.69) is 79.2 Å². The maximum absolute atomic E-state index is 8.96. The topological polar surface area (TPSA) is 33.0 Å². The number of halogens is 1. The Balaban J connectivity index is 0.000000202. The summed E-state index contributed by atoms with van der Waals surface area (Å²) >= 11 is 3.54. The summed E-state index contributed by atoms with van der Waals surface area (Å²) in [5, 5.41) is 8.96. The molecule has 0 heterocycles. The molecule has 2 aromatic rings. The van der Waals surface area contributed by atoms with Crippen LogP contribution in [0, 0.1) is 31.1 Å². The average molecular weight is 440 g/mol. The molecule has 1 fully saturated rings. The van der Waals surface area contributed by atoms with Gasteiger partial charge in [-0.25, -0.2) is 0 Å². The third kappa shape index (κ3) is 6.62. The van der Waals surface area contributed by atoms with Gasteiger partial charge in [0.2, 0.25) is 0 Å². The first-order valence-corrected chi connectivity index (χ1v) is 10.8. The SMILES string of the molecule is CC/C=C(/Br)c1cc(C#N)c(C)cc1C.CC1CC(OCc2ccccc2)C1. The van der Waals surface area contributed by atoms with Crippen LogP contribution in [0.15, 0.2) is 48.5 Å². The maximum Gasteiger partial charge on any atom is 0.0994 e. The molecule has 0 radical (unpaired) electrons. The lowest BCUT2D eigenvalue weighted by molar-refractivity contribution is -0.0352. The molecule has 0 atom stereocenters. The highest BCUT2D eigenvalue weighted by molar-refractivity contribution is 9.15. The third-order valence-electron chi connectivity index (χ3n) is 4.99. The summed E-state index contributed by atoms with van der Waals surface area (Å²) in [4.78, 5) is 0. The third-order valence-corrected chi connectivity index (χ3v) is 5.74. The van der Waals surface area contributed by atoms with Gasteiger partial charge in [0.1, 0.15) is 0 Å². The van der Waals surface area contributed by atoms with Gasteiger partial charge in [0.15, 0.2) is 0 Å². The first kappa shape index (κ1) is 22.4. The zero-order valence-corrected chi connectivity index (χ0v) is 18.9. The fraction of sp³-hybridized carbons (Fsp3) is 0.400. The van der Waals surface area contributed by atoms with Gasteiger partial charge in [-0.1, -0.05) is 72.3 Å². The van der Waals surface area contributed by atoms with E-state index < -0.39 is 0 Å². The number of allylic oxidation sites excluding steroid dienone is 1.